The van der Waals surface area contributed by atoms with E-state index in [4.69, 9.17) is 23.2 Å². The van der Waals surface area contributed by atoms with Crippen LogP contribution < -0.4 is 5.32 Å². The van der Waals surface area contributed by atoms with E-state index >= 15 is 0 Å². The molecule has 0 saturated carbocycles. The van der Waals surface area contributed by atoms with Gasteiger partial charge in [0.1, 0.15) is 0 Å². The average Bonchev–Trinajstić information content (AvgIpc) is 3.05. The number of tetrazole rings is 1. The van der Waals surface area contributed by atoms with Crippen molar-refractivity contribution in [2.45, 2.75) is 15.8 Å². The van der Waals surface area contributed by atoms with Crippen LogP contribution in [0.4, 0.5) is 5.69 Å². The first-order chi connectivity index (χ1) is 13.0. The minimum absolute atomic E-state index is 0.114. The van der Waals surface area contributed by atoms with Crippen LogP contribution in [0, 0.1) is 0 Å². The van der Waals surface area contributed by atoms with Gasteiger partial charge in [0.2, 0.25) is 11.1 Å². The third kappa shape index (κ3) is 5.87. The van der Waals surface area contributed by atoms with Gasteiger partial charge in [-0.3, -0.25) is 4.79 Å². The van der Waals surface area contributed by atoms with E-state index in [1.807, 2.05) is 36.4 Å². The van der Waals surface area contributed by atoms with Gasteiger partial charge in [-0.15, -0.1) is 16.9 Å². The van der Waals surface area contributed by atoms with E-state index in [0.29, 0.717) is 15.2 Å². The van der Waals surface area contributed by atoms with Crippen LogP contribution in [-0.4, -0.2) is 31.9 Å². The van der Waals surface area contributed by atoms with E-state index in [1.165, 1.54) is 16.4 Å². The number of rotatable bonds is 7. The Morgan fingerprint density at radius 3 is 2.59 bits per heavy atom. The highest BCUT2D eigenvalue weighted by Gasteiger charge is 2.08. The van der Waals surface area contributed by atoms with E-state index in [2.05, 4.69) is 20.8 Å². The number of halogens is 2. The van der Waals surface area contributed by atoms with Crippen molar-refractivity contribution in [2.24, 2.45) is 7.05 Å². The maximum Gasteiger partial charge on any atom is 0.234 e. The number of amides is 1. The van der Waals surface area contributed by atoms with Gasteiger partial charge in [0.05, 0.1) is 5.75 Å². The van der Waals surface area contributed by atoms with Crippen molar-refractivity contribution in [1.82, 2.24) is 20.2 Å². The highest BCUT2D eigenvalue weighted by molar-refractivity contribution is 7.99. The Balaban J connectivity index is 1.49. The lowest BCUT2D eigenvalue weighted by Gasteiger charge is -2.07. The van der Waals surface area contributed by atoms with Gasteiger partial charge in [-0.2, -0.15) is 0 Å². The molecule has 0 radical (unpaired) electrons. The molecule has 10 heteroatoms. The van der Waals surface area contributed by atoms with Crippen LogP contribution in [0.5, 0.6) is 0 Å². The van der Waals surface area contributed by atoms with Gasteiger partial charge in [-0.1, -0.05) is 41.0 Å². The molecule has 0 saturated heterocycles. The Morgan fingerprint density at radius 2 is 1.93 bits per heavy atom. The zero-order valence-electron chi connectivity index (χ0n) is 14.2. The number of aromatic nitrogens is 4. The molecule has 0 spiro atoms. The number of anilines is 1. The molecular formula is C17H15Cl2N5OS2. The number of hydrogen-bond acceptors (Lipinski definition) is 6. The van der Waals surface area contributed by atoms with Crippen molar-refractivity contribution in [2.75, 3.05) is 11.1 Å². The minimum atomic E-state index is -0.114. The molecule has 0 unspecified atom stereocenters. The molecule has 0 aliphatic heterocycles. The van der Waals surface area contributed by atoms with E-state index in [-0.39, 0.29) is 11.7 Å². The van der Waals surface area contributed by atoms with E-state index in [0.717, 1.165) is 21.9 Å². The maximum absolute atomic E-state index is 12.0. The van der Waals surface area contributed by atoms with E-state index in [9.17, 15) is 4.79 Å². The maximum atomic E-state index is 12.0. The second-order valence-electron chi connectivity index (χ2n) is 5.47. The Morgan fingerprint density at radius 1 is 1.15 bits per heavy atom. The Bertz CT molecular complexity index is 933. The van der Waals surface area contributed by atoms with Crippen molar-refractivity contribution < 1.29 is 4.79 Å². The fraction of sp³-hybridized carbons (Fsp3) is 0.176. The molecule has 1 N–H and O–H groups in total. The number of carbonyl (C=O) groups excluding carboxylic acids is 1. The molecule has 3 rings (SSSR count). The summed E-state index contributed by atoms with van der Waals surface area (Å²) in [5, 5.41) is 15.8. The summed E-state index contributed by atoms with van der Waals surface area (Å²) >= 11 is 15.1. The van der Waals surface area contributed by atoms with E-state index in [1.54, 1.807) is 24.9 Å². The first-order valence-corrected chi connectivity index (χ1v) is 10.6. The standard InChI is InChI=1S/C17H15Cl2N5OS2/c1-24-17(21-22-23-24)27-10-16(25)20-13-4-6-14(7-5-13)26-9-11-2-3-12(18)8-15(11)19/h2-8H,9-10H2,1H3,(H,20,25). The fourth-order valence-corrected chi connectivity index (χ4v) is 4.21. The van der Waals surface area contributed by atoms with Crippen LogP contribution in [0.1, 0.15) is 5.56 Å². The molecule has 1 amide bonds. The highest BCUT2D eigenvalue weighted by atomic mass is 35.5. The second-order valence-corrected chi connectivity index (χ2v) is 8.31. The predicted octanol–water partition coefficient (Wildman–Crippen LogP) is 4.54. The van der Waals surface area contributed by atoms with Crippen molar-refractivity contribution in [3.63, 3.8) is 0 Å². The lowest BCUT2D eigenvalue weighted by Crippen LogP contribution is -2.14. The Kier molecular flexibility index (Phi) is 7.01. The van der Waals surface area contributed by atoms with Crippen LogP contribution in [0.15, 0.2) is 52.5 Å². The molecule has 0 bridgehead atoms. The highest BCUT2D eigenvalue weighted by Crippen LogP contribution is 2.29. The van der Waals surface area contributed by atoms with Crippen molar-refractivity contribution in [3.8, 4) is 0 Å². The summed E-state index contributed by atoms with van der Waals surface area (Å²) in [6, 6.07) is 13.2. The summed E-state index contributed by atoms with van der Waals surface area (Å²) in [6.07, 6.45) is 0. The Labute approximate surface area is 175 Å². The predicted molar refractivity (Wildman–Crippen MR) is 111 cm³/mol. The zero-order valence-corrected chi connectivity index (χ0v) is 17.4. The largest absolute Gasteiger partial charge is 0.325 e. The molecule has 0 aliphatic carbocycles. The third-order valence-electron chi connectivity index (χ3n) is 3.46. The van der Waals surface area contributed by atoms with Gasteiger partial charge < -0.3 is 5.32 Å². The van der Waals surface area contributed by atoms with Crippen LogP contribution in [0.3, 0.4) is 0 Å². The monoisotopic (exact) mass is 439 g/mol. The SMILES string of the molecule is Cn1nnnc1SCC(=O)Nc1ccc(SCc2ccc(Cl)cc2Cl)cc1. The molecule has 6 nitrogen and oxygen atoms in total. The normalized spacial score (nSPS) is 10.8. The van der Waals surface area contributed by atoms with Crippen molar-refractivity contribution in [1.29, 1.82) is 0 Å². The summed E-state index contributed by atoms with van der Waals surface area (Å²) < 4.78 is 1.52. The summed E-state index contributed by atoms with van der Waals surface area (Å²) in [6.45, 7) is 0. The average molecular weight is 440 g/mol. The van der Waals surface area contributed by atoms with Gasteiger partial charge >= 0.3 is 0 Å². The lowest BCUT2D eigenvalue weighted by atomic mass is 10.2. The summed E-state index contributed by atoms with van der Waals surface area (Å²) in [4.78, 5) is 13.1. The van der Waals surface area contributed by atoms with Crippen molar-refractivity contribution >= 4 is 58.3 Å². The van der Waals surface area contributed by atoms with Crippen LogP contribution in [0.25, 0.3) is 0 Å². The first kappa shape index (κ1) is 20.0. The van der Waals surface area contributed by atoms with Gasteiger partial charge in [0.25, 0.3) is 0 Å². The number of thioether (sulfide) groups is 2. The number of nitrogens with one attached hydrogen (secondary N) is 1. The molecule has 0 aliphatic rings. The van der Waals surface area contributed by atoms with Crippen molar-refractivity contribution in [3.05, 3.63) is 58.1 Å². The molecule has 2 aromatic carbocycles. The number of aryl methyl sites for hydroxylation is 1. The topological polar surface area (TPSA) is 72.7 Å². The number of nitrogens with zero attached hydrogens (tertiary/aromatic N) is 4. The number of hydrogen-bond donors (Lipinski definition) is 1. The zero-order chi connectivity index (χ0) is 19.2. The molecule has 3 aromatic rings. The summed E-state index contributed by atoms with van der Waals surface area (Å²) in [7, 11) is 1.73. The van der Waals surface area contributed by atoms with Gasteiger partial charge in [-0.25, -0.2) is 4.68 Å². The molecule has 0 atom stereocenters. The molecule has 1 heterocycles. The quantitative estimate of drug-likeness (QED) is 0.544. The van der Waals surface area contributed by atoms with Crippen LogP contribution in [-0.2, 0) is 17.6 Å². The summed E-state index contributed by atoms with van der Waals surface area (Å²) in [5.41, 5.74) is 1.77. The minimum Gasteiger partial charge on any atom is -0.325 e. The van der Waals surface area contributed by atoms with Gasteiger partial charge in [0, 0.05) is 33.4 Å². The molecule has 140 valence electrons. The first-order valence-electron chi connectivity index (χ1n) is 7.83. The smallest absolute Gasteiger partial charge is 0.234 e. The summed E-state index contributed by atoms with van der Waals surface area (Å²) in [5.74, 6) is 0.862. The van der Waals surface area contributed by atoms with E-state index < -0.39 is 0 Å². The number of carbonyl (C=O) groups is 1. The molecule has 27 heavy (non-hydrogen) atoms. The van der Waals surface area contributed by atoms with Gasteiger partial charge in [-0.05, 0) is 52.4 Å². The molecule has 0 fully saturated rings. The van der Waals surface area contributed by atoms with Gasteiger partial charge in [0.15, 0.2) is 0 Å². The molecular weight excluding hydrogens is 425 g/mol. The molecule has 1 aromatic heterocycles. The fourth-order valence-electron chi connectivity index (χ4n) is 2.11. The second kappa shape index (κ2) is 9.45. The number of benzene rings is 2. The lowest BCUT2D eigenvalue weighted by molar-refractivity contribution is -0.113. The van der Waals surface area contributed by atoms with Crippen LogP contribution >= 0.6 is 46.7 Å². The third-order valence-corrected chi connectivity index (χ3v) is 6.12. The van der Waals surface area contributed by atoms with Crippen LogP contribution in [0.2, 0.25) is 10.0 Å². The Hall–Kier alpha value is -1.74.